The van der Waals surface area contributed by atoms with Crippen LogP contribution in [0.25, 0.3) is 0 Å². The van der Waals surface area contributed by atoms with Gasteiger partial charge < -0.3 is 0 Å². The van der Waals surface area contributed by atoms with Crippen molar-refractivity contribution in [2.75, 3.05) is 0 Å². The maximum Gasteiger partial charge on any atom is 0.0905 e. The second-order valence-electron chi connectivity index (χ2n) is 0.333. The predicted molar refractivity (Wildman–Crippen MR) is 15.8 cm³/mol. The first-order valence-corrected chi connectivity index (χ1v) is 0.921. The van der Waals surface area contributed by atoms with Crippen molar-refractivity contribution in [2.24, 2.45) is 0 Å². The fraction of sp³-hybridized carbons (Fsp3) is 0. The summed E-state index contributed by atoms with van der Waals surface area (Å²) in [4.78, 5) is 0. The molecular formula is C3H3AgN. The number of hydrogen-bond donors (Lipinski definition) is 0. The van der Waals surface area contributed by atoms with Crippen LogP contribution in [0.3, 0.4) is 0 Å². The Bertz CT molecular complexity index is 52.4. The summed E-state index contributed by atoms with van der Waals surface area (Å²) in [6.45, 7) is 3.12. The largest absolute Gasteiger partial charge is 0.193 e. The van der Waals surface area contributed by atoms with Gasteiger partial charge in [0.15, 0.2) is 0 Å². The van der Waals surface area contributed by atoms with Gasteiger partial charge in [0.1, 0.15) is 0 Å². The summed E-state index contributed by atoms with van der Waals surface area (Å²) in [6, 6.07) is 1.69. The van der Waals surface area contributed by atoms with E-state index in [-0.39, 0.29) is 22.4 Å². The van der Waals surface area contributed by atoms with E-state index < -0.39 is 0 Å². The van der Waals surface area contributed by atoms with Crippen molar-refractivity contribution in [2.45, 2.75) is 0 Å². The fourth-order valence-electron chi connectivity index (χ4n) is 0. The molecule has 1 nitrogen and oxygen atoms in total. The molecule has 0 aromatic rings. The van der Waals surface area contributed by atoms with Crippen molar-refractivity contribution in [1.29, 1.82) is 5.26 Å². The molecule has 0 amide bonds. The Morgan fingerprint density at radius 1 is 1.80 bits per heavy atom. The molecular weight excluding hydrogens is 158 g/mol. The Kier molecular flexibility index (Phi) is 16.0. The number of nitriles is 1. The first kappa shape index (κ1) is 8.88. The van der Waals surface area contributed by atoms with Crippen LogP contribution >= 0.6 is 0 Å². The summed E-state index contributed by atoms with van der Waals surface area (Å²) in [6.07, 6.45) is 1.18. The molecule has 31 valence electrons. The molecule has 1 radical (unpaired) electrons. The van der Waals surface area contributed by atoms with E-state index in [1.165, 1.54) is 6.08 Å². The first-order valence-electron chi connectivity index (χ1n) is 0.921. The molecule has 0 aromatic heterocycles. The number of nitrogens with zero attached hydrogens (tertiary/aromatic N) is 1. The molecule has 0 unspecified atom stereocenters. The van der Waals surface area contributed by atoms with Crippen LogP contribution in [0.1, 0.15) is 0 Å². The Morgan fingerprint density at radius 3 is 2.00 bits per heavy atom. The molecule has 0 rings (SSSR count). The van der Waals surface area contributed by atoms with Gasteiger partial charge in [-0.3, -0.25) is 0 Å². The van der Waals surface area contributed by atoms with Crippen molar-refractivity contribution in [1.82, 2.24) is 0 Å². The van der Waals surface area contributed by atoms with E-state index in [9.17, 15) is 0 Å². The van der Waals surface area contributed by atoms with Crippen molar-refractivity contribution in [3.8, 4) is 6.07 Å². The molecule has 0 heterocycles. The molecule has 0 bridgehead atoms. The minimum atomic E-state index is 0. The van der Waals surface area contributed by atoms with Gasteiger partial charge in [0.25, 0.3) is 0 Å². The fourth-order valence-corrected chi connectivity index (χ4v) is 0. The van der Waals surface area contributed by atoms with Gasteiger partial charge in [-0.15, -0.1) is 0 Å². The monoisotopic (exact) mass is 160 g/mol. The molecule has 0 N–H and O–H groups in total. The topological polar surface area (TPSA) is 23.8 Å². The van der Waals surface area contributed by atoms with Gasteiger partial charge in [-0.25, -0.2) is 0 Å². The second kappa shape index (κ2) is 9.02. The minimum Gasteiger partial charge on any atom is -0.193 e. The Hall–Kier alpha value is -0.0297. The SMILES string of the molecule is C=CC#N.[Ag]. The molecule has 0 aliphatic heterocycles. The van der Waals surface area contributed by atoms with Gasteiger partial charge >= 0.3 is 0 Å². The molecule has 0 aliphatic carbocycles. The number of hydrogen-bond acceptors (Lipinski definition) is 1. The second-order valence-corrected chi connectivity index (χ2v) is 0.333. The predicted octanol–water partition coefficient (Wildman–Crippen LogP) is 0.693. The van der Waals surface area contributed by atoms with Gasteiger partial charge in [-0.1, -0.05) is 6.58 Å². The summed E-state index contributed by atoms with van der Waals surface area (Å²) in [5, 5.41) is 7.51. The van der Waals surface area contributed by atoms with Crippen LogP contribution in [0.5, 0.6) is 0 Å². The van der Waals surface area contributed by atoms with Crippen LogP contribution in [0.4, 0.5) is 0 Å². The molecule has 0 aliphatic rings. The molecule has 0 fully saturated rings. The molecule has 5 heavy (non-hydrogen) atoms. The van der Waals surface area contributed by atoms with Crippen LogP contribution in [-0.4, -0.2) is 0 Å². The van der Waals surface area contributed by atoms with E-state index in [1.54, 1.807) is 6.07 Å². The summed E-state index contributed by atoms with van der Waals surface area (Å²) in [7, 11) is 0. The Morgan fingerprint density at radius 2 is 2.00 bits per heavy atom. The van der Waals surface area contributed by atoms with E-state index in [1.807, 2.05) is 0 Å². The zero-order valence-corrected chi connectivity index (χ0v) is 4.02. The molecule has 0 saturated heterocycles. The molecule has 2 heteroatoms. The summed E-state index contributed by atoms with van der Waals surface area (Å²) in [5.41, 5.74) is 0. The molecule has 0 atom stereocenters. The third kappa shape index (κ3) is 16.4. The Balaban J connectivity index is 0. The van der Waals surface area contributed by atoms with Crippen molar-refractivity contribution >= 4 is 0 Å². The average Bonchev–Trinajstić information content (AvgIpc) is 1.37. The van der Waals surface area contributed by atoms with Gasteiger partial charge in [-0.05, 0) is 0 Å². The smallest absolute Gasteiger partial charge is 0.0905 e. The van der Waals surface area contributed by atoms with Gasteiger partial charge in [0.05, 0.1) is 6.07 Å². The first-order chi connectivity index (χ1) is 1.91. The maximum absolute atomic E-state index is 7.51. The maximum atomic E-state index is 7.51. The summed E-state index contributed by atoms with van der Waals surface area (Å²) in [5.74, 6) is 0. The number of allylic oxidation sites excluding steroid dienone is 1. The van der Waals surface area contributed by atoms with Crippen LogP contribution in [0, 0.1) is 11.3 Å². The third-order valence-electron chi connectivity index (χ3n) is 0.0913. The minimum absolute atomic E-state index is 0. The van der Waals surface area contributed by atoms with E-state index in [4.69, 9.17) is 5.26 Å². The van der Waals surface area contributed by atoms with Gasteiger partial charge in [-0.2, -0.15) is 5.26 Å². The summed E-state index contributed by atoms with van der Waals surface area (Å²) < 4.78 is 0. The zero-order chi connectivity index (χ0) is 3.41. The van der Waals surface area contributed by atoms with Crippen LogP contribution in [-0.2, 0) is 22.4 Å². The van der Waals surface area contributed by atoms with Crippen LogP contribution in [0.2, 0.25) is 0 Å². The molecule has 0 spiro atoms. The van der Waals surface area contributed by atoms with Crippen LogP contribution < -0.4 is 0 Å². The zero-order valence-electron chi connectivity index (χ0n) is 2.53. The van der Waals surface area contributed by atoms with Crippen molar-refractivity contribution in [3.05, 3.63) is 12.7 Å². The quantitative estimate of drug-likeness (QED) is 0.378. The Labute approximate surface area is 46.8 Å². The van der Waals surface area contributed by atoms with E-state index >= 15 is 0 Å². The van der Waals surface area contributed by atoms with E-state index in [0.29, 0.717) is 0 Å². The van der Waals surface area contributed by atoms with E-state index in [0.717, 1.165) is 0 Å². The molecule has 0 saturated carbocycles. The standard InChI is InChI=1S/C3H3N.Ag/c1-2-3-4;/h2H,1H2;. The number of rotatable bonds is 0. The van der Waals surface area contributed by atoms with Crippen molar-refractivity contribution < 1.29 is 22.4 Å². The van der Waals surface area contributed by atoms with Crippen LogP contribution in [0.15, 0.2) is 12.7 Å². The van der Waals surface area contributed by atoms with E-state index in [2.05, 4.69) is 6.58 Å². The van der Waals surface area contributed by atoms with Gasteiger partial charge in [0.2, 0.25) is 0 Å². The summed E-state index contributed by atoms with van der Waals surface area (Å²) >= 11 is 0. The normalized spacial score (nSPS) is 3.00. The van der Waals surface area contributed by atoms with Crippen molar-refractivity contribution in [3.63, 3.8) is 0 Å². The molecule has 0 aromatic carbocycles. The van der Waals surface area contributed by atoms with Gasteiger partial charge in [0, 0.05) is 28.5 Å². The average molecular weight is 161 g/mol. The third-order valence-corrected chi connectivity index (χ3v) is 0.0913.